The van der Waals surface area contributed by atoms with Gasteiger partial charge in [-0.3, -0.25) is 14.8 Å². The number of rotatable bonds is 8. The summed E-state index contributed by atoms with van der Waals surface area (Å²) >= 11 is 0. The minimum absolute atomic E-state index is 0.0968. The zero-order valence-corrected chi connectivity index (χ0v) is 12.5. The monoisotopic (exact) mass is 309 g/mol. The van der Waals surface area contributed by atoms with E-state index in [0.717, 1.165) is 12.0 Å². The molecule has 0 fully saturated rings. The highest BCUT2D eigenvalue weighted by Crippen LogP contribution is 2.15. The van der Waals surface area contributed by atoms with E-state index < -0.39 is 11.0 Å². The first-order chi connectivity index (χ1) is 10.5. The summed E-state index contributed by atoms with van der Waals surface area (Å²) < 4.78 is 8.66. The molecule has 0 aliphatic rings. The largest absolute Gasteiger partial charge is 0.389 e. The maximum atomic E-state index is 10.6. The Bertz CT molecular complexity index is 623. The van der Waals surface area contributed by atoms with Crippen molar-refractivity contribution in [2.75, 3.05) is 6.61 Å². The first kappa shape index (κ1) is 16.1. The third kappa shape index (κ3) is 3.89. The summed E-state index contributed by atoms with van der Waals surface area (Å²) in [5.74, 6) is 0.729. The topological polar surface area (TPSA) is 108 Å². The number of hydrogen-bond donors (Lipinski definition) is 1. The second-order valence-corrected chi connectivity index (χ2v) is 4.87. The molecule has 2 rings (SSSR count). The number of nitrogens with zero attached hydrogens (tertiary/aromatic N) is 5. The van der Waals surface area contributed by atoms with Crippen LogP contribution >= 0.6 is 0 Å². The number of hydrogen-bond acceptors (Lipinski definition) is 6. The van der Waals surface area contributed by atoms with Gasteiger partial charge in [-0.1, -0.05) is 0 Å². The molecule has 2 heterocycles. The number of ether oxygens (including phenoxy) is 1. The van der Waals surface area contributed by atoms with Crippen molar-refractivity contribution in [3.05, 3.63) is 40.7 Å². The minimum Gasteiger partial charge on any atom is -0.389 e. The van der Waals surface area contributed by atoms with Gasteiger partial charge in [0.15, 0.2) is 0 Å². The fourth-order valence-corrected chi connectivity index (χ4v) is 2.21. The SMILES string of the molecule is CCOC(C)c1nccn1CC(O)Cn1cc([N+](=O)[O-])cn1. The van der Waals surface area contributed by atoms with Crippen LogP contribution in [0.15, 0.2) is 24.8 Å². The summed E-state index contributed by atoms with van der Waals surface area (Å²) in [7, 11) is 0. The number of aliphatic hydroxyl groups excluding tert-OH is 1. The molecule has 2 aromatic rings. The van der Waals surface area contributed by atoms with E-state index in [0.29, 0.717) is 13.2 Å². The fourth-order valence-electron chi connectivity index (χ4n) is 2.21. The van der Waals surface area contributed by atoms with Crippen LogP contribution in [0.1, 0.15) is 25.8 Å². The van der Waals surface area contributed by atoms with Crippen LogP contribution in [0.2, 0.25) is 0 Å². The molecule has 2 aromatic heterocycles. The van der Waals surface area contributed by atoms with E-state index in [9.17, 15) is 15.2 Å². The van der Waals surface area contributed by atoms with Crippen molar-refractivity contribution in [3.8, 4) is 0 Å². The van der Waals surface area contributed by atoms with Gasteiger partial charge in [0.2, 0.25) is 0 Å². The second kappa shape index (κ2) is 7.14. The van der Waals surface area contributed by atoms with Crippen molar-refractivity contribution >= 4 is 5.69 Å². The molecule has 9 heteroatoms. The lowest BCUT2D eigenvalue weighted by Gasteiger charge is -2.17. The van der Waals surface area contributed by atoms with Gasteiger partial charge < -0.3 is 14.4 Å². The number of aliphatic hydroxyl groups is 1. The number of nitro groups is 1. The van der Waals surface area contributed by atoms with E-state index in [1.165, 1.54) is 10.9 Å². The number of imidazole rings is 1. The first-order valence-electron chi connectivity index (χ1n) is 6.98. The van der Waals surface area contributed by atoms with Gasteiger partial charge in [-0.2, -0.15) is 5.10 Å². The molecule has 0 saturated heterocycles. The van der Waals surface area contributed by atoms with Crippen LogP contribution in [0.4, 0.5) is 5.69 Å². The summed E-state index contributed by atoms with van der Waals surface area (Å²) in [6.07, 6.45) is 4.95. The predicted octanol–water partition coefficient (Wildman–Crippen LogP) is 1.15. The summed E-state index contributed by atoms with van der Waals surface area (Å²) in [5, 5.41) is 24.6. The van der Waals surface area contributed by atoms with E-state index in [2.05, 4.69) is 10.1 Å². The Kier molecular flexibility index (Phi) is 5.23. The smallest absolute Gasteiger partial charge is 0.306 e. The Hall–Kier alpha value is -2.26. The summed E-state index contributed by atoms with van der Waals surface area (Å²) in [6, 6.07) is 0. The molecule has 0 amide bonds. The standard InChI is InChI=1S/C13H19N5O4/c1-3-22-10(2)13-14-4-5-16(13)8-12(19)9-17-7-11(6-15-17)18(20)21/h4-7,10,12,19H,3,8-9H2,1-2H3. The van der Waals surface area contributed by atoms with Gasteiger partial charge in [0.1, 0.15) is 24.3 Å². The lowest BCUT2D eigenvalue weighted by molar-refractivity contribution is -0.385. The minimum atomic E-state index is -0.749. The summed E-state index contributed by atoms with van der Waals surface area (Å²) in [5.41, 5.74) is -0.0968. The molecule has 0 aromatic carbocycles. The second-order valence-electron chi connectivity index (χ2n) is 4.87. The molecule has 22 heavy (non-hydrogen) atoms. The Labute approximate surface area is 127 Å². The quantitative estimate of drug-likeness (QED) is 0.578. The summed E-state index contributed by atoms with van der Waals surface area (Å²) in [6.45, 7) is 4.84. The average Bonchev–Trinajstić information content (AvgIpc) is 3.08. The van der Waals surface area contributed by atoms with Crippen LogP contribution < -0.4 is 0 Å². The molecule has 2 atom stereocenters. The van der Waals surface area contributed by atoms with Crippen LogP contribution in [0.5, 0.6) is 0 Å². The maximum absolute atomic E-state index is 10.6. The third-order valence-corrected chi connectivity index (χ3v) is 3.16. The van der Waals surface area contributed by atoms with Crippen molar-refractivity contribution in [2.24, 2.45) is 0 Å². The van der Waals surface area contributed by atoms with E-state index in [1.54, 1.807) is 12.4 Å². The Morgan fingerprint density at radius 1 is 1.50 bits per heavy atom. The van der Waals surface area contributed by atoms with Gasteiger partial charge in [0, 0.05) is 19.0 Å². The van der Waals surface area contributed by atoms with Gasteiger partial charge in [-0.25, -0.2) is 4.98 Å². The molecule has 1 N–H and O–H groups in total. The molecular formula is C13H19N5O4. The normalized spacial score (nSPS) is 14.0. The zero-order valence-electron chi connectivity index (χ0n) is 12.5. The van der Waals surface area contributed by atoms with Gasteiger partial charge >= 0.3 is 5.69 Å². The lowest BCUT2D eigenvalue weighted by Crippen LogP contribution is -2.24. The highest BCUT2D eigenvalue weighted by Gasteiger charge is 2.16. The van der Waals surface area contributed by atoms with Crippen molar-refractivity contribution in [3.63, 3.8) is 0 Å². The molecule has 0 saturated carbocycles. The molecule has 120 valence electrons. The average molecular weight is 309 g/mol. The van der Waals surface area contributed by atoms with Crippen molar-refractivity contribution < 1.29 is 14.8 Å². The van der Waals surface area contributed by atoms with Crippen LogP contribution in [0.25, 0.3) is 0 Å². The van der Waals surface area contributed by atoms with Gasteiger partial charge in [-0.05, 0) is 13.8 Å². The van der Waals surface area contributed by atoms with E-state index in [4.69, 9.17) is 4.74 Å². The predicted molar refractivity (Wildman–Crippen MR) is 77.2 cm³/mol. The van der Waals surface area contributed by atoms with Crippen molar-refractivity contribution in [2.45, 2.75) is 39.1 Å². The Morgan fingerprint density at radius 3 is 2.91 bits per heavy atom. The van der Waals surface area contributed by atoms with Crippen LogP contribution in [0.3, 0.4) is 0 Å². The molecule has 0 aliphatic heterocycles. The van der Waals surface area contributed by atoms with Crippen LogP contribution in [-0.4, -0.2) is 42.1 Å². The van der Waals surface area contributed by atoms with Crippen LogP contribution in [-0.2, 0) is 17.8 Å². The Balaban J connectivity index is 1.98. The first-order valence-corrected chi connectivity index (χ1v) is 6.98. The highest BCUT2D eigenvalue weighted by atomic mass is 16.6. The van der Waals surface area contributed by atoms with E-state index in [-0.39, 0.29) is 18.3 Å². The maximum Gasteiger partial charge on any atom is 0.306 e. The van der Waals surface area contributed by atoms with Crippen molar-refractivity contribution in [1.29, 1.82) is 0 Å². The van der Waals surface area contributed by atoms with Gasteiger partial charge in [0.25, 0.3) is 0 Å². The third-order valence-electron chi connectivity index (χ3n) is 3.16. The molecular weight excluding hydrogens is 290 g/mol. The van der Waals surface area contributed by atoms with Gasteiger partial charge in [0.05, 0.1) is 24.1 Å². The fraction of sp³-hybridized carbons (Fsp3) is 0.538. The Morgan fingerprint density at radius 2 is 2.27 bits per heavy atom. The molecule has 0 bridgehead atoms. The number of aromatic nitrogens is 4. The zero-order chi connectivity index (χ0) is 16.1. The van der Waals surface area contributed by atoms with E-state index >= 15 is 0 Å². The lowest BCUT2D eigenvalue weighted by atomic mass is 10.3. The summed E-state index contributed by atoms with van der Waals surface area (Å²) in [4.78, 5) is 14.3. The molecule has 0 spiro atoms. The van der Waals surface area contributed by atoms with Crippen molar-refractivity contribution in [1.82, 2.24) is 19.3 Å². The molecule has 9 nitrogen and oxygen atoms in total. The highest BCUT2D eigenvalue weighted by molar-refractivity contribution is 5.20. The van der Waals surface area contributed by atoms with E-state index in [1.807, 2.05) is 18.4 Å². The van der Waals surface area contributed by atoms with Gasteiger partial charge in [-0.15, -0.1) is 0 Å². The molecule has 2 unspecified atom stereocenters. The molecule has 0 radical (unpaired) electrons. The molecule has 0 aliphatic carbocycles. The van der Waals surface area contributed by atoms with Crippen LogP contribution in [0, 0.1) is 10.1 Å².